The predicted octanol–water partition coefficient (Wildman–Crippen LogP) is 4.76. The van der Waals surface area contributed by atoms with Gasteiger partial charge in [-0.25, -0.2) is 14.4 Å². The normalized spacial score (nSPS) is 23.5. The van der Waals surface area contributed by atoms with Gasteiger partial charge in [0.1, 0.15) is 11.6 Å². The molecule has 1 aliphatic carbocycles. The molecule has 0 saturated heterocycles. The van der Waals surface area contributed by atoms with E-state index < -0.39 is 42.3 Å². The third kappa shape index (κ3) is 3.52. The smallest absolute Gasteiger partial charge is 0.417 e. The van der Waals surface area contributed by atoms with E-state index in [4.69, 9.17) is 9.47 Å². The molecule has 6 nitrogen and oxygen atoms in total. The van der Waals surface area contributed by atoms with Crippen molar-refractivity contribution in [1.29, 1.82) is 0 Å². The number of anilines is 1. The Morgan fingerprint density at radius 2 is 1.94 bits per heavy atom. The molecule has 0 amide bonds. The summed E-state index contributed by atoms with van der Waals surface area (Å²) in [7, 11) is 0. The van der Waals surface area contributed by atoms with Crippen LogP contribution in [0.1, 0.15) is 37.2 Å². The number of nitrogens with zero attached hydrogens (tertiary/aromatic N) is 2. The van der Waals surface area contributed by atoms with Gasteiger partial charge in [-0.15, -0.1) is 0 Å². The summed E-state index contributed by atoms with van der Waals surface area (Å²) in [5, 5.41) is 13.9. The van der Waals surface area contributed by atoms with E-state index in [1.807, 2.05) is 0 Å². The van der Waals surface area contributed by atoms with Gasteiger partial charge in [0.2, 0.25) is 0 Å². The minimum Gasteiger partial charge on any atom is -0.433 e. The van der Waals surface area contributed by atoms with Crippen molar-refractivity contribution in [1.82, 2.24) is 9.97 Å². The molecule has 33 heavy (non-hydrogen) atoms. The number of rotatable bonds is 2. The lowest BCUT2D eigenvalue weighted by atomic mass is 9.65. The minimum absolute atomic E-state index is 0.312. The van der Waals surface area contributed by atoms with Crippen molar-refractivity contribution in [3.63, 3.8) is 0 Å². The summed E-state index contributed by atoms with van der Waals surface area (Å²) in [5.74, 6) is 0.646. The molecular formula is C23H21F4N3O3. The van der Waals surface area contributed by atoms with Crippen LogP contribution in [0.2, 0.25) is 0 Å². The number of fused-ring (bicyclic) bond motifs is 4. The summed E-state index contributed by atoms with van der Waals surface area (Å²) >= 11 is 0. The quantitative estimate of drug-likeness (QED) is 0.534. The molecule has 2 aromatic carbocycles. The second-order valence-electron chi connectivity index (χ2n) is 9.21. The van der Waals surface area contributed by atoms with Crippen LogP contribution in [0.15, 0.2) is 30.5 Å². The number of nitrogens with one attached hydrogen (secondary N) is 1. The lowest BCUT2D eigenvalue weighted by molar-refractivity contribution is -0.268. The molecule has 2 atom stereocenters. The Labute approximate surface area is 186 Å². The van der Waals surface area contributed by atoms with Crippen molar-refractivity contribution in [3.05, 3.63) is 53.2 Å². The van der Waals surface area contributed by atoms with Crippen molar-refractivity contribution in [2.75, 3.05) is 5.32 Å². The number of aliphatic hydroxyl groups is 1. The van der Waals surface area contributed by atoms with E-state index in [0.717, 1.165) is 0 Å². The highest BCUT2D eigenvalue weighted by molar-refractivity contribution is 5.90. The SMILES string of the molecule is Cc1ncc2c(NC3Oc4ccc5c(c4O3)C(C)(C)CC(O)(C(F)(F)F)C5)cc(F)cc2n1. The maximum Gasteiger partial charge on any atom is 0.417 e. The molecule has 174 valence electrons. The van der Waals surface area contributed by atoms with Gasteiger partial charge in [0, 0.05) is 29.6 Å². The van der Waals surface area contributed by atoms with E-state index in [0.29, 0.717) is 45.0 Å². The van der Waals surface area contributed by atoms with E-state index in [-0.39, 0.29) is 0 Å². The van der Waals surface area contributed by atoms with Gasteiger partial charge in [-0.2, -0.15) is 13.2 Å². The van der Waals surface area contributed by atoms with Gasteiger partial charge in [-0.3, -0.25) is 0 Å². The van der Waals surface area contributed by atoms with E-state index in [1.54, 1.807) is 27.0 Å². The fourth-order valence-corrected chi connectivity index (χ4v) is 4.85. The molecule has 1 aliphatic heterocycles. The fourth-order valence-electron chi connectivity index (χ4n) is 4.85. The van der Waals surface area contributed by atoms with Gasteiger partial charge in [-0.1, -0.05) is 19.9 Å². The molecule has 2 heterocycles. The van der Waals surface area contributed by atoms with Gasteiger partial charge in [0.25, 0.3) is 0 Å². The first kappa shape index (κ1) is 21.7. The molecule has 0 radical (unpaired) electrons. The number of hydrogen-bond acceptors (Lipinski definition) is 6. The second kappa shape index (κ2) is 6.93. The molecule has 10 heteroatoms. The Bertz CT molecular complexity index is 1270. The maximum atomic E-state index is 14.2. The van der Waals surface area contributed by atoms with Crippen molar-refractivity contribution >= 4 is 16.6 Å². The first-order valence-electron chi connectivity index (χ1n) is 10.3. The van der Waals surface area contributed by atoms with Gasteiger partial charge in [0.05, 0.1) is 11.2 Å². The lowest BCUT2D eigenvalue weighted by Crippen LogP contribution is -2.53. The Morgan fingerprint density at radius 1 is 1.18 bits per heavy atom. The number of halogens is 4. The zero-order valence-electron chi connectivity index (χ0n) is 18.0. The molecule has 0 spiro atoms. The summed E-state index contributed by atoms with van der Waals surface area (Å²) in [4.78, 5) is 8.38. The first-order valence-corrected chi connectivity index (χ1v) is 10.3. The Kier molecular flexibility index (Phi) is 4.55. The summed E-state index contributed by atoms with van der Waals surface area (Å²) in [6.07, 6.45) is -5.34. The van der Waals surface area contributed by atoms with Crippen LogP contribution in [0.4, 0.5) is 23.2 Å². The molecule has 2 unspecified atom stereocenters. The number of benzene rings is 2. The molecule has 1 aromatic heterocycles. The number of aromatic nitrogens is 2. The van der Waals surface area contributed by atoms with Gasteiger partial charge in [-0.05, 0) is 36.5 Å². The number of aryl methyl sites for hydroxylation is 1. The highest BCUT2D eigenvalue weighted by atomic mass is 19.4. The highest BCUT2D eigenvalue weighted by Crippen LogP contribution is 2.54. The number of ether oxygens (including phenoxy) is 2. The zero-order chi connectivity index (χ0) is 23.8. The topological polar surface area (TPSA) is 76.5 Å². The summed E-state index contributed by atoms with van der Waals surface area (Å²) < 4.78 is 66.6. The molecule has 0 bridgehead atoms. The molecule has 3 aromatic rings. The van der Waals surface area contributed by atoms with Crippen LogP contribution in [0, 0.1) is 12.7 Å². The van der Waals surface area contributed by atoms with Gasteiger partial charge >= 0.3 is 12.6 Å². The van der Waals surface area contributed by atoms with Crippen molar-refractivity contribution < 1.29 is 32.1 Å². The van der Waals surface area contributed by atoms with Crippen molar-refractivity contribution in [2.45, 2.75) is 57.2 Å². The molecule has 2 aliphatic rings. The molecule has 0 saturated carbocycles. The minimum atomic E-state index is -4.76. The largest absolute Gasteiger partial charge is 0.433 e. The second-order valence-corrected chi connectivity index (χ2v) is 9.21. The zero-order valence-corrected chi connectivity index (χ0v) is 18.0. The molecule has 5 rings (SSSR count). The Hall–Kier alpha value is -3.14. The van der Waals surface area contributed by atoms with Gasteiger partial charge in [0.15, 0.2) is 17.1 Å². The highest BCUT2D eigenvalue weighted by Gasteiger charge is 2.59. The average molecular weight is 463 g/mol. The number of alkyl halides is 3. The Morgan fingerprint density at radius 3 is 2.67 bits per heavy atom. The van der Waals surface area contributed by atoms with Crippen LogP contribution < -0.4 is 14.8 Å². The van der Waals surface area contributed by atoms with Crippen LogP contribution in [0.25, 0.3) is 10.9 Å². The van der Waals surface area contributed by atoms with Crippen LogP contribution >= 0.6 is 0 Å². The van der Waals surface area contributed by atoms with Crippen LogP contribution in [-0.2, 0) is 11.8 Å². The summed E-state index contributed by atoms with van der Waals surface area (Å²) in [5.41, 5.74) is -2.21. The lowest BCUT2D eigenvalue weighted by Gasteiger charge is -2.43. The summed E-state index contributed by atoms with van der Waals surface area (Å²) in [6, 6.07) is 5.59. The van der Waals surface area contributed by atoms with Crippen LogP contribution in [-0.4, -0.2) is 33.3 Å². The third-order valence-corrected chi connectivity index (χ3v) is 6.15. The van der Waals surface area contributed by atoms with E-state index in [1.165, 1.54) is 24.3 Å². The van der Waals surface area contributed by atoms with Crippen LogP contribution in [0.3, 0.4) is 0 Å². The standard InChI is InChI=1S/C23H21F4N3O3/c1-11-28-9-14-15(29-11)6-13(24)7-16(14)30-20-32-17-5-4-12-8-22(31,23(25,26)27)10-21(2,3)18(12)19(17)33-20/h4-7,9,20,30-31H,8,10H2,1-3H3. The monoisotopic (exact) mass is 463 g/mol. The van der Waals surface area contributed by atoms with Crippen molar-refractivity contribution in [2.24, 2.45) is 0 Å². The summed E-state index contributed by atoms with van der Waals surface area (Å²) in [6.45, 7) is 4.96. The molecule has 0 fully saturated rings. The van der Waals surface area contributed by atoms with E-state index in [2.05, 4.69) is 15.3 Å². The van der Waals surface area contributed by atoms with Crippen molar-refractivity contribution in [3.8, 4) is 11.5 Å². The molecular weight excluding hydrogens is 442 g/mol. The average Bonchev–Trinajstić information content (AvgIpc) is 3.07. The predicted molar refractivity (Wildman–Crippen MR) is 112 cm³/mol. The molecule has 2 N–H and O–H groups in total. The number of hydrogen-bond donors (Lipinski definition) is 2. The fraction of sp³-hybridized carbons (Fsp3) is 0.391. The van der Waals surface area contributed by atoms with Gasteiger partial charge < -0.3 is 19.9 Å². The van der Waals surface area contributed by atoms with E-state index in [9.17, 15) is 22.7 Å². The first-order chi connectivity index (χ1) is 15.4. The third-order valence-electron chi connectivity index (χ3n) is 6.15. The maximum absolute atomic E-state index is 14.2. The van der Waals surface area contributed by atoms with E-state index >= 15 is 0 Å². The Balaban J connectivity index is 1.49. The van der Waals surface area contributed by atoms with Crippen LogP contribution in [0.5, 0.6) is 11.5 Å².